The van der Waals surface area contributed by atoms with Crippen molar-refractivity contribution in [3.05, 3.63) is 0 Å². The number of rotatable bonds is 8. The van der Waals surface area contributed by atoms with E-state index in [1.807, 2.05) is 0 Å². The van der Waals surface area contributed by atoms with Crippen molar-refractivity contribution in [3.8, 4) is 0 Å². The van der Waals surface area contributed by atoms with Crippen LogP contribution in [-0.4, -0.2) is 49.6 Å². The van der Waals surface area contributed by atoms with Gasteiger partial charge >= 0.3 is 0 Å². The standard InChI is InChI=1S/C15H31N3O/c1-3-18(4-2)12-11-16-13-15(19)17-14-9-7-5-6-8-10-14/h14,16H,3-13H2,1-2H3,(H,17,19). The molecule has 1 saturated carbocycles. The zero-order valence-corrected chi connectivity index (χ0v) is 12.7. The van der Waals surface area contributed by atoms with Gasteiger partial charge in [-0.15, -0.1) is 0 Å². The average Bonchev–Trinajstić information content (AvgIpc) is 2.67. The Kier molecular flexibility index (Phi) is 8.84. The van der Waals surface area contributed by atoms with Crippen LogP contribution in [0.1, 0.15) is 52.4 Å². The number of hydrogen-bond acceptors (Lipinski definition) is 3. The molecule has 2 N–H and O–H groups in total. The highest BCUT2D eigenvalue weighted by atomic mass is 16.1. The lowest BCUT2D eigenvalue weighted by atomic mass is 10.1. The molecule has 1 rings (SSSR count). The van der Waals surface area contributed by atoms with E-state index in [0.717, 1.165) is 39.0 Å². The Hall–Kier alpha value is -0.610. The molecular formula is C15H31N3O. The molecule has 1 aliphatic carbocycles. The van der Waals surface area contributed by atoms with Crippen LogP contribution in [-0.2, 0) is 4.79 Å². The van der Waals surface area contributed by atoms with Crippen molar-refractivity contribution in [3.63, 3.8) is 0 Å². The summed E-state index contributed by atoms with van der Waals surface area (Å²) >= 11 is 0. The SMILES string of the molecule is CCN(CC)CCNCC(=O)NC1CCCCCC1. The molecule has 19 heavy (non-hydrogen) atoms. The zero-order valence-electron chi connectivity index (χ0n) is 12.7. The Morgan fingerprint density at radius 2 is 1.74 bits per heavy atom. The highest BCUT2D eigenvalue weighted by Crippen LogP contribution is 2.16. The van der Waals surface area contributed by atoms with Gasteiger partial charge in [-0.25, -0.2) is 0 Å². The van der Waals surface area contributed by atoms with Crippen LogP contribution in [0.5, 0.6) is 0 Å². The van der Waals surface area contributed by atoms with Gasteiger partial charge < -0.3 is 15.5 Å². The number of carbonyl (C=O) groups is 1. The van der Waals surface area contributed by atoms with Gasteiger partial charge in [0.25, 0.3) is 0 Å². The van der Waals surface area contributed by atoms with Crippen molar-refractivity contribution in [2.24, 2.45) is 0 Å². The fourth-order valence-electron chi connectivity index (χ4n) is 2.68. The lowest BCUT2D eigenvalue weighted by Gasteiger charge is -2.19. The molecule has 112 valence electrons. The largest absolute Gasteiger partial charge is 0.352 e. The van der Waals surface area contributed by atoms with Crippen LogP contribution < -0.4 is 10.6 Å². The monoisotopic (exact) mass is 269 g/mol. The van der Waals surface area contributed by atoms with E-state index in [0.29, 0.717) is 12.6 Å². The first-order valence-corrected chi connectivity index (χ1v) is 7.98. The van der Waals surface area contributed by atoms with E-state index in [-0.39, 0.29) is 5.91 Å². The molecule has 1 fully saturated rings. The Balaban J connectivity index is 2.06. The lowest BCUT2D eigenvalue weighted by Crippen LogP contribution is -2.42. The molecule has 1 amide bonds. The fraction of sp³-hybridized carbons (Fsp3) is 0.933. The van der Waals surface area contributed by atoms with Crippen LogP contribution in [0.3, 0.4) is 0 Å². The predicted molar refractivity (Wildman–Crippen MR) is 80.3 cm³/mol. The van der Waals surface area contributed by atoms with Crippen molar-refractivity contribution in [2.45, 2.75) is 58.4 Å². The number of amides is 1. The van der Waals surface area contributed by atoms with Crippen LogP contribution >= 0.6 is 0 Å². The highest BCUT2D eigenvalue weighted by molar-refractivity contribution is 5.78. The Labute approximate surface area is 118 Å². The number of nitrogens with zero attached hydrogens (tertiary/aromatic N) is 1. The Morgan fingerprint density at radius 3 is 2.32 bits per heavy atom. The van der Waals surface area contributed by atoms with Crippen molar-refractivity contribution < 1.29 is 4.79 Å². The van der Waals surface area contributed by atoms with E-state index in [1.165, 1.54) is 25.7 Å². The molecular weight excluding hydrogens is 238 g/mol. The summed E-state index contributed by atoms with van der Waals surface area (Å²) in [5, 5.41) is 6.40. The minimum atomic E-state index is 0.159. The van der Waals surface area contributed by atoms with E-state index in [4.69, 9.17) is 0 Å². The summed E-state index contributed by atoms with van der Waals surface area (Å²) in [4.78, 5) is 14.2. The summed E-state index contributed by atoms with van der Waals surface area (Å²) in [7, 11) is 0. The van der Waals surface area contributed by atoms with Gasteiger partial charge in [-0.1, -0.05) is 39.5 Å². The molecule has 4 nitrogen and oxygen atoms in total. The zero-order chi connectivity index (χ0) is 13.9. The summed E-state index contributed by atoms with van der Waals surface area (Å²) in [5.74, 6) is 0.159. The topological polar surface area (TPSA) is 44.4 Å². The molecule has 0 heterocycles. The van der Waals surface area contributed by atoms with Gasteiger partial charge in [0.05, 0.1) is 6.54 Å². The normalized spacial score (nSPS) is 17.4. The second kappa shape index (κ2) is 10.2. The van der Waals surface area contributed by atoms with Gasteiger partial charge in [-0.3, -0.25) is 4.79 Å². The van der Waals surface area contributed by atoms with Crippen LogP contribution in [0.2, 0.25) is 0 Å². The summed E-state index contributed by atoms with van der Waals surface area (Å²) in [6.45, 7) is 8.85. The lowest BCUT2D eigenvalue weighted by molar-refractivity contribution is -0.121. The maximum absolute atomic E-state index is 11.8. The van der Waals surface area contributed by atoms with E-state index >= 15 is 0 Å². The molecule has 1 aliphatic rings. The van der Waals surface area contributed by atoms with Gasteiger partial charge in [0.15, 0.2) is 0 Å². The van der Waals surface area contributed by atoms with Crippen molar-refractivity contribution >= 4 is 5.91 Å². The second-order valence-corrected chi connectivity index (χ2v) is 5.46. The van der Waals surface area contributed by atoms with Crippen molar-refractivity contribution in [1.82, 2.24) is 15.5 Å². The summed E-state index contributed by atoms with van der Waals surface area (Å²) in [6.07, 6.45) is 7.50. The predicted octanol–water partition coefficient (Wildman–Crippen LogP) is 1.76. The smallest absolute Gasteiger partial charge is 0.234 e. The molecule has 0 unspecified atom stereocenters. The number of nitrogens with one attached hydrogen (secondary N) is 2. The number of carbonyl (C=O) groups excluding carboxylic acids is 1. The molecule has 0 radical (unpaired) electrons. The van der Waals surface area contributed by atoms with E-state index in [1.54, 1.807) is 0 Å². The third-order valence-corrected chi connectivity index (χ3v) is 4.01. The molecule has 0 spiro atoms. The van der Waals surface area contributed by atoms with Gasteiger partial charge in [-0.2, -0.15) is 0 Å². The first-order chi connectivity index (χ1) is 9.26. The maximum Gasteiger partial charge on any atom is 0.234 e. The first-order valence-electron chi connectivity index (χ1n) is 7.98. The van der Waals surface area contributed by atoms with Gasteiger partial charge in [0.2, 0.25) is 5.91 Å². The summed E-state index contributed by atoms with van der Waals surface area (Å²) in [5.41, 5.74) is 0. The molecule has 0 aromatic carbocycles. The van der Waals surface area contributed by atoms with Crippen LogP contribution in [0, 0.1) is 0 Å². The minimum absolute atomic E-state index is 0.159. The third kappa shape index (κ3) is 7.53. The minimum Gasteiger partial charge on any atom is -0.352 e. The molecule has 0 aromatic rings. The molecule has 0 atom stereocenters. The summed E-state index contributed by atoms with van der Waals surface area (Å²) in [6, 6.07) is 0.416. The summed E-state index contributed by atoms with van der Waals surface area (Å²) < 4.78 is 0. The quantitative estimate of drug-likeness (QED) is 0.521. The molecule has 0 aromatic heterocycles. The van der Waals surface area contributed by atoms with Crippen molar-refractivity contribution in [2.75, 3.05) is 32.7 Å². The number of likely N-dealkylation sites (N-methyl/N-ethyl adjacent to an activating group) is 1. The van der Waals surface area contributed by atoms with E-state index in [2.05, 4.69) is 29.4 Å². The Bertz CT molecular complexity index is 234. The van der Waals surface area contributed by atoms with Gasteiger partial charge in [-0.05, 0) is 25.9 Å². The maximum atomic E-state index is 11.8. The van der Waals surface area contributed by atoms with Crippen LogP contribution in [0.25, 0.3) is 0 Å². The molecule has 0 saturated heterocycles. The first kappa shape index (κ1) is 16.4. The van der Waals surface area contributed by atoms with Crippen LogP contribution in [0.15, 0.2) is 0 Å². The third-order valence-electron chi connectivity index (χ3n) is 4.01. The Morgan fingerprint density at radius 1 is 1.11 bits per heavy atom. The molecule has 4 heteroatoms. The van der Waals surface area contributed by atoms with Crippen LogP contribution in [0.4, 0.5) is 0 Å². The average molecular weight is 269 g/mol. The fourth-order valence-corrected chi connectivity index (χ4v) is 2.68. The van der Waals surface area contributed by atoms with Gasteiger partial charge in [0, 0.05) is 19.1 Å². The van der Waals surface area contributed by atoms with E-state index in [9.17, 15) is 4.79 Å². The van der Waals surface area contributed by atoms with Crippen molar-refractivity contribution in [1.29, 1.82) is 0 Å². The van der Waals surface area contributed by atoms with Gasteiger partial charge in [0.1, 0.15) is 0 Å². The number of hydrogen-bond donors (Lipinski definition) is 2. The second-order valence-electron chi connectivity index (χ2n) is 5.46. The highest BCUT2D eigenvalue weighted by Gasteiger charge is 2.14. The molecule has 0 bridgehead atoms. The van der Waals surface area contributed by atoms with E-state index < -0.39 is 0 Å². The molecule has 0 aliphatic heterocycles.